The average Bonchev–Trinajstić information content (AvgIpc) is 2.49. The number of anilines is 1. The van der Waals surface area contributed by atoms with Crippen LogP contribution in [0.2, 0.25) is 0 Å². The number of carboxylic acids is 1. The molecule has 124 valence electrons. The van der Waals surface area contributed by atoms with E-state index in [1.54, 1.807) is 36.7 Å². The third-order valence-corrected chi connectivity index (χ3v) is 4.14. The van der Waals surface area contributed by atoms with Crippen molar-refractivity contribution in [2.24, 2.45) is 11.8 Å². The van der Waals surface area contributed by atoms with Crippen LogP contribution < -0.4 is 10.1 Å². The Balaban J connectivity index is 1.67. The summed E-state index contributed by atoms with van der Waals surface area (Å²) in [5.41, 5.74) is 1.44. The summed E-state index contributed by atoms with van der Waals surface area (Å²) in [4.78, 5) is 31.2. The first-order valence-corrected chi connectivity index (χ1v) is 7.64. The topological polar surface area (TPSA) is 101 Å². The number of nitrogens with zero attached hydrogens (tertiary/aromatic N) is 2. The van der Waals surface area contributed by atoms with Gasteiger partial charge in [-0.3, -0.25) is 9.59 Å². The molecule has 1 heterocycles. The van der Waals surface area contributed by atoms with E-state index in [4.69, 9.17) is 9.84 Å². The molecule has 7 nitrogen and oxygen atoms in total. The van der Waals surface area contributed by atoms with E-state index in [2.05, 4.69) is 15.3 Å². The minimum absolute atomic E-state index is 0.243. The SMILES string of the molecule is Cc1cc(Oc2ncccn2)ccc1NC(=O)C1CCC1C(=O)O. The summed E-state index contributed by atoms with van der Waals surface area (Å²) in [5.74, 6) is -1.65. The summed E-state index contributed by atoms with van der Waals surface area (Å²) in [6, 6.07) is 7.13. The molecule has 1 amide bonds. The van der Waals surface area contributed by atoms with Gasteiger partial charge in [0.2, 0.25) is 5.91 Å². The van der Waals surface area contributed by atoms with Crippen LogP contribution in [0.3, 0.4) is 0 Å². The lowest BCUT2D eigenvalue weighted by molar-refractivity contribution is -0.151. The van der Waals surface area contributed by atoms with Crippen LogP contribution in [0.4, 0.5) is 5.69 Å². The molecule has 0 bridgehead atoms. The molecule has 1 saturated carbocycles. The van der Waals surface area contributed by atoms with Gasteiger partial charge in [-0.1, -0.05) is 0 Å². The van der Waals surface area contributed by atoms with Crippen LogP contribution in [0.5, 0.6) is 11.8 Å². The van der Waals surface area contributed by atoms with Crippen molar-refractivity contribution >= 4 is 17.6 Å². The number of aryl methyl sites for hydroxylation is 1. The first-order valence-electron chi connectivity index (χ1n) is 7.64. The van der Waals surface area contributed by atoms with E-state index in [1.807, 2.05) is 6.92 Å². The van der Waals surface area contributed by atoms with E-state index in [-0.39, 0.29) is 11.9 Å². The van der Waals surface area contributed by atoms with Crippen LogP contribution in [0.1, 0.15) is 18.4 Å². The highest BCUT2D eigenvalue weighted by Gasteiger charge is 2.41. The van der Waals surface area contributed by atoms with Crippen molar-refractivity contribution in [3.63, 3.8) is 0 Å². The van der Waals surface area contributed by atoms with E-state index in [0.717, 1.165) is 5.56 Å². The fourth-order valence-corrected chi connectivity index (χ4v) is 2.62. The van der Waals surface area contributed by atoms with E-state index in [0.29, 0.717) is 24.3 Å². The Morgan fingerprint density at radius 2 is 1.92 bits per heavy atom. The number of aromatic nitrogens is 2. The second-order valence-corrected chi connectivity index (χ2v) is 5.73. The van der Waals surface area contributed by atoms with Crippen LogP contribution in [0.15, 0.2) is 36.7 Å². The molecule has 1 aliphatic carbocycles. The van der Waals surface area contributed by atoms with E-state index < -0.39 is 17.8 Å². The largest absolute Gasteiger partial charge is 0.481 e. The second-order valence-electron chi connectivity index (χ2n) is 5.73. The Kier molecular flexibility index (Phi) is 4.41. The molecule has 2 unspecified atom stereocenters. The van der Waals surface area contributed by atoms with Crippen molar-refractivity contribution in [1.82, 2.24) is 9.97 Å². The van der Waals surface area contributed by atoms with Crippen molar-refractivity contribution in [2.75, 3.05) is 5.32 Å². The van der Waals surface area contributed by atoms with Crippen molar-refractivity contribution in [1.29, 1.82) is 0 Å². The van der Waals surface area contributed by atoms with Crippen LogP contribution in [0, 0.1) is 18.8 Å². The van der Waals surface area contributed by atoms with Gasteiger partial charge in [-0.05, 0) is 49.6 Å². The highest BCUT2D eigenvalue weighted by atomic mass is 16.5. The Morgan fingerprint density at radius 1 is 1.21 bits per heavy atom. The smallest absolute Gasteiger partial charge is 0.321 e. The summed E-state index contributed by atoms with van der Waals surface area (Å²) in [6.45, 7) is 1.84. The number of amides is 1. The van der Waals surface area contributed by atoms with Gasteiger partial charge in [-0.15, -0.1) is 0 Å². The number of ether oxygens (including phenoxy) is 1. The standard InChI is InChI=1S/C17H17N3O4/c1-10-9-11(24-17-18-7-2-8-19-17)3-6-14(10)20-15(21)12-4-5-13(12)16(22)23/h2-3,6-9,12-13H,4-5H2,1H3,(H,20,21)(H,22,23). The second kappa shape index (κ2) is 6.66. The summed E-state index contributed by atoms with van der Waals surface area (Å²) in [5, 5.41) is 11.8. The molecular weight excluding hydrogens is 310 g/mol. The van der Waals surface area contributed by atoms with Gasteiger partial charge in [0.05, 0.1) is 11.8 Å². The Bertz CT molecular complexity index is 764. The molecule has 2 N–H and O–H groups in total. The number of rotatable bonds is 5. The Hall–Kier alpha value is -2.96. The molecule has 2 aromatic rings. The molecular formula is C17H17N3O4. The molecule has 24 heavy (non-hydrogen) atoms. The number of carboxylic acid groups (broad SMARTS) is 1. The zero-order chi connectivity index (χ0) is 17.1. The maximum Gasteiger partial charge on any atom is 0.321 e. The molecule has 2 atom stereocenters. The van der Waals surface area contributed by atoms with Gasteiger partial charge >= 0.3 is 12.0 Å². The molecule has 0 spiro atoms. The van der Waals surface area contributed by atoms with Crippen molar-refractivity contribution < 1.29 is 19.4 Å². The minimum Gasteiger partial charge on any atom is -0.481 e. The molecule has 0 radical (unpaired) electrons. The molecule has 0 saturated heterocycles. The van der Waals surface area contributed by atoms with Gasteiger partial charge in [0.25, 0.3) is 0 Å². The fourth-order valence-electron chi connectivity index (χ4n) is 2.62. The molecule has 1 aromatic heterocycles. The summed E-state index contributed by atoms with van der Waals surface area (Å²) >= 11 is 0. The summed E-state index contributed by atoms with van der Waals surface area (Å²) < 4.78 is 5.53. The average molecular weight is 327 g/mol. The number of nitrogens with one attached hydrogen (secondary N) is 1. The lowest BCUT2D eigenvalue weighted by Crippen LogP contribution is -2.41. The summed E-state index contributed by atoms with van der Waals surface area (Å²) in [7, 11) is 0. The normalized spacial score (nSPS) is 19.2. The van der Waals surface area contributed by atoms with E-state index in [9.17, 15) is 9.59 Å². The lowest BCUT2D eigenvalue weighted by atomic mass is 9.73. The molecule has 1 aliphatic rings. The predicted octanol–water partition coefficient (Wildman–Crippen LogP) is 2.63. The van der Waals surface area contributed by atoms with Crippen molar-refractivity contribution in [3.8, 4) is 11.8 Å². The first kappa shape index (κ1) is 15.9. The number of hydrogen-bond acceptors (Lipinski definition) is 5. The number of hydrogen-bond donors (Lipinski definition) is 2. The lowest BCUT2D eigenvalue weighted by Gasteiger charge is -2.32. The minimum atomic E-state index is -0.912. The van der Waals surface area contributed by atoms with Crippen LogP contribution in [-0.4, -0.2) is 27.0 Å². The Morgan fingerprint density at radius 3 is 2.50 bits per heavy atom. The van der Waals surface area contributed by atoms with Gasteiger partial charge in [0, 0.05) is 18.1 Å². The molecule has 1 aromatic carbocycles. The fraction of sp³-hybridized carbons (Fsp3) is 0.294. The Labute approximate surface area is 138 Å². The van der Waals surface area contributed by atoms with Gasteiger partial charge in [-0.25, -0.2) is 9.97 Å². The van der Waals surface area contributed by atoms with Gasteiger partial charge < -0.3 is 15.2 Å². The van der Waals surface area contributed by atoms with E-state index >= 15 is 0 Å². The van der Waals surface area contributed by atoms with Gasteiger partial charge in [0.15, 0.2) is 0 Å². The number of carbonyl (C=O) groups is 2. The maximum absolute atomic E-state index is 12.2. The maximum atomic E-state index is 12.2. The third kappa shape index (κ3) is 3.34. The van der Waals surface area contributed by atoms with Gasteiger partial charge in [-0.2, -0.15) is 0 Å². The molecule has 7 heteroatoms. The van der Waals surface area contributed by atoms with Crippen molar-refractivity contribution in [3.05, 3.63) is 42.2 Å². The highest BCUT2D eigenvalue weighted by Crippen LogP contribution is 2.35. The van der Waals surface area contributed by atoms with Crippen LogP contribution >= 0.6 is 0 Å². The monoisotopic (exact) mass is 327 g/mol. The molecule has 3 rings (SSSR count). The van der Waals surface area contributed by atoms with Crippen LogP contribution in [0.25, 0.3) is 0 Å². The number of benzene rings is 1. The predicted molar refractivity (Wildman–Crippen MR) is 85.8 cm³/mol. The molecule has 0 aliphatic heterocycles. The van der Waals surface area contributed by atoms with E-state index in [1.165, 1.54) is 0 Å². The number of aliphatic carboxylic acids is 1. The summed E-state index contributed by atoms with van der Waals surface area (Å²) in [6.07, 6.45) is 4.33. The van der Waals surface area contributed by atoms with Crippen LogP contribution in [-0.2, 0) is 9.59 Å². The molecule has 1 fully saturated rings. The van der Waals surface area contributed by atoms with Crippen molar-refractivity contribution in [2.45, 2.75) is 19.8 Å². The zero-order valence-electron chi connectivity index (χ0n) is 13.1. The zero-order valence-corrected chi connectivity index (χ0v) is 13.1. The first-order chi connectivity index (χ1) is 11.5. The van der Waals surface area contributed by atoms with Gasteiger partial charge in [0.1, 0.15) is 5.75 Å². The quantitative estimate of drug-likeness (QED) is 0.875. The highest BCUT2D eigenvalue weighted by molar-refractivity contribution is 5.96. The third-order valence-electron chi connectivity index (χ3n) is 4.14. The number of carbonyl (C=O) groups excluding carboxylic acids is 1.